The third-order valence-corrected chi connectivity index (χ3v) is 5.29. The molecule has 1 N–H and O–H groups in total. The first-order valence-electron chi connectivity index (χ1n) is 6.61. The number of pyridine rings is 1. The van der Waals surface area contributed by atoms with Crippen LogP contribution in [-0.2, 0) is 10.0 Å². The molecule has 0 fully saturated rings. The molecule has 0 radical (unpaired) electrons. The van der Waals surface area contributed by atoms with Gasteiger partial charge >= 0.3 is 0 Å². The number of methoxy groups -OCH3 is 1. The van der Waals surface area contributed by atoms with Gasteiger partial charge in [0.15, 0.2) is 5.13 Å². The van der Waals surface area contributed by atoms with Crippen LogP contribution in [-0.4, -0.2) is 25.5 Å². The van der Waals surface area contributed by atoms with Crippen molar-refractivity contribution in [3.63, 3.8) is 0 Å². The zero-order valence-electron chi connectivity index (χ0n) is 12.1. The van der Waals surface area contributed by atoms with Gasteiger partial charge in [-0.25, -0.2) is 13.4 Å². The molecule has 0 aliphatic heterocycles. The molecule has 0 saturated heterocycles. The molecule has 0 amide bonds. The van der Waals surface area contributed by atoms with E-state index >= 15 is 0 Å². The average Bonchev–Trinajstić information content (AvgIpc) is 3.03. The lowest BCUT2D eigenvalue weighted by molar-refractivity contribution is 0.414. The number of anilines is 1. The van der Waals surface area contributed by atoms with Crippen molar-refractivity contribution in [2.75, 3.05) is 11.8 Å². The van der Waals surface area contributed by atoms with E-state index in [0.717, 1.165) is 5.56 Å². The van der Waals surface area contributed by atoms with Crippen molar-refractivity contribution in [2.24, 2.45) is 0 Å². The lowest BCUT2D eigenvalue weighted by Gasteiger charge is -2.06. The average molecular weight is 347 g/mol. The van der Waals surface area contributed by atoms with Crippen molar-refractivity contribution in [1.29, 1.82) is 0 Å². The van der Waals surface area contributed by atoms with Gasteiger partial charge in [-0.05, 0) is 36.4 Å². The topological polar surface area (TPSA) is 81.2 Å². The molecule has 6 nitrogen and oxygen atoms in total. The van der Waals surface area contributed by atoms with Crippen molar-refractivity contribution in [3.8, 4) is 17.0 Å². The van der Waals surface area contributed by atoms with Crippen LogP contribution in [0.15, 0.2) is 59.1 Å². The number of benzene rings is 1. The molecule has 3 rings (SSSR count). The summed E-state index contributed by atoms with van der Waals surface area (Å²) >= 11 is 1.22. The summed E-state index contributed by atoms with van der Waals surface area (Å²) in [6, 6.07) is 9.82. The van der Waals surface area contributed by atoms with Gasteiger partial charge in [0.1, 0.15) is 5.75 Å². The second kappa shape index (κ2) is 6.35. The van der Waals surface area contributed by atoms with Crippen molar-refractivity contribution in [1.82, 2.24) is 9.97 Å². The minimum Gasteiger partial charge on any atom is -0.497 e. The zero-order valence-corrected chi connectivity index (χ0v) is 13.8. The summed E-state index contributed by atoms with van der Waals surface area (Å²) in [5.41, 5.74) is 1.51. The van der Waals surface area contributed by atoms with Crippen molar-refractivity contribution < 1.29 is 13.2 Å². The Kier molecular flexibility index (Phi) is 4.26. The van der Waals surface area contributed by atoms with E-state index in [1.54, 1.807) is 36.0 Å². The molecule has 2 heterocycles. The molecule has 2 aromatic heterocycles. The molecule has 8 heteroatoms. The Bertz CT molecular complexity index is 891. The molecule has 118 valence electrons. The van der Waals surface area contributed by atoms with E-state index in [2.05, 4.69) is 14.7 Å². The maximum Gasteiger partial charge on any atom is 0.263 e. The number of nitrogens with zero attached hydrogens (tertiary/aromatic N) is 2. The fourth-order valence-corrected chi connectivity index (χ4v) is 3.87. The van der Waals surface area contributed by atoms with Gasteiger partial charge in [-0.3, -0.25) is 9.71 Å². The molecular formula is C15H13N3O3S2. The second-order valence-corrected chi connectivity index (χ2v) is 7.10. The maximum absolute atomic E-state index is 12.3. The molecule has 0 saturated carbocycles. The minimum atomic E-state index is -3.68. The van der Waals surface area contributed by atoms with Crippen LogP contribution in [0, 0.1) is 0 Å². The van der Waals surface area contributed by atoms with Gasteiger partial charge in [0, 0.05) is 23.3 Å². The Balaban J connectivity index is 1.82. The van der Waals surface area contributed by atoms with Crippen LogP contribution >= 0.6 is 11.3 Å². The lowest BCUT2D eigenvalue weighted by Crippen LogP contribution is -2.12. The van der Waals surface area contributed by atoms with Gasteiger partial charge < -0.3 is 4.74 Å². The Morgan fingerprint density at radius 3 is 2.61 bits per heavy atom. The summed E-state index contributed by atoms with van der Waals surface area (Å²) in [4.78, 5) is 8.46. The molecular weight excluding hydrogens is 334 g/mol. The van der Waals surface area contributed by atoms with Crippen LogP contribution in [0.5, 0.6) is 5.75 Å². The third kappa shape index (κ3) is 3.49. The van der Waals surface area contributed by atoms with Crippen molar-refractivity contribution in [3.05, 3.63) is 54.2 Å². The number of hydrogen-bond acceptors (Lipinski definition) is 6. The summed E-state index contributed by atoms with van der Waals surface area (Å²) in [7, 11) is -2.16. The van der Waals surface area contributed by atoms with Gasteiger partial charge in [0.2, 0.25) is 0 Å². The molecule has 3 aromatic rings. The molecule has 0 aliphatic carbocycles. The van der Waals surface area contributed by atoms with Crippen LogP contribution in [0.1, 0.15) is 0 Å². The van der Waals surface area contributed by atoms with Crippen molar-refractivity contribution in [2.45, 2.75) is 4.90 Å². The molecule has 23 heavy (non-hydrogen) atoms. The Morgan fingerprint density at radius 1 is 1.17 bits per heavy atom. The highest BCUT2D eigenvalue weighted by Crippen LogP contribution is 2.26. The van der Waals surface area contributed by atoms with E-state index in [4.69, 9.17) is 4.74 Å². The van der Waals surface area contributed by atoms with Crippen LogP contribution in [0.25, 0.3) is 11.3 Å². The first-order chi connectivity index (χ1) is 11.1. The van der Waals surface area contributed by atoms with Gasteiger partial charge in [-0.2, -0.15) is 0 Å². The number of hydrogen-bond donors (Lipinski definition) is 1. The first-order valence-corrected chi connectivity index (χ1v) is 8.97. The van der Waals surface area contributed by atoms with Crippen molar-refractivity contribution >= 4 is 26.5 Å². The third-order valence-electron chi connectivity index (χ3n) is 3.05. The second-order valence-electron chi connectivity index (χ2n) is 4.56. The smallest absolute Gasteiger partial charge is 0.263 e. The predicted octanol–water partition coefficient (Wildman–Crippen LogP) is 3.01. The summed E-state index contributed by atoms with van der Waals surface area (Å²) in [6.07, 6.45) is 3.35. The SMILES string of the molecule is COc1ccc(S(=O)(=O)Nc2nc(-c3cccnc3)cs2)cc1. The zero-order chi connectivity index (χ0) is 16.3. The normalized spacial score (nSPS) is 11.2. The molecule has 0 bridgehead atoms. The summed E-state index contributed by atoms with van der Waals surface area (Å²) < 4.78 is 32.2. The minimum absolute atomic E-state index is 0.149. The van der Waals surface area contributed by atoms with Gasteiger partial charge in [0.05, 0.1) is 17.7 Å². The number of nitrogens with one attached hydrogen (secondary N) is 1. The fraction of sp³-hybridized carbons (Fsp3) is 0.0667. The van der Waals surface area contributed by atoms with Gasteiger partial charge in [-0.15, -0.1) is 11.3 Å². The molecule has 0 unspecified atom stereocenters. The number of sulfonamides is 1. The first kappa shape index (κ1) is 15.4. The van der Waals surface area contributed by atoms with E-state index in [-0.39, 0.29) is 4.90 Å². The Morgan fingerprint density at radius 2 is 1.96 bits per heavy atom. The maximum atomic E-state index is 12.3. The number of ether oxygens (including phenoxy) is 1. The molecule has 0 aliphatic rings. The lowest BCUT2D eigenvalue weighted by atomic mass is 10.2. The van der Waals surface area contributed by atoms with E-state index in [0.29, 0.717) is 16.6 Å². The predicted molar refractivity (Wildman–Crippen MR) is 89.1 cm³/mol. The van der Waals surface area contributed by atoms with E-state index in [9.17, 15) is 8.42 Å². The van der Waals surface area contributed by atoms with E-state index in [1.807, 2.05) is 6.07 Å². The number of aromatic nitrogens is 2. The summed E-state index contributed by atoms with van der Waals surface area (Å²) in [5.74, 6) is 0.595. The largest absolute Gasteiger partial charge is 0.497 e. The number of thiazole rings is 1. The number of rotatable bonds is 5. The standard InChI is InChI=1S/C15H13N3O3S2/c1-21-12-4-6-13(7-5-12)23(19,20)18-15-17-14(10-22-15)11-3-2-8-16-9-11/h2-10H,1H3,(H,17,18). The quantitative estimate of drug-likeness (QED) is 0.767. The fourth-order valence-electron chi connectivity index (χ4n) is 1.90. The van der Waals surface area contributed by atoms with Gasteiger partial charge in [0.25, 0.3) is 10.0 Å². The highest BCUT2D eigenvalue weighted by Gasteiger charge is 2.16. The Labute approximate surface area is 137 Å². The Hall–Kier alpha value is -2.45. The van der Waals surface area contributed by atoms with Crippen LogP contribution < -0.4 is 9.46 Å². The van der Waals surface area contributed by atoms with E-state index in [1.165, 1.54) is 30.6 Å². The van der Waals surface area contributed by atoms with Gasteiger partial charge in [-0.1, -0.05) is 0 Å². The molecule has 1 aromatic carbocycles. The van der Waals surface area contributed by atoms with Crippen LogP contribution in [0.2, 0.25) is 0 Å². The highest BCUT2D eigenvalue weighted by molar-refractivity contribution is 7.93. The van der Waals surface area contributed by atoms with Crippen LogP contribution in [0.4, 0.5) is 5.13 Å². The molecule has 0 atom stereocenters. The molecule has 0 spiro atoms. The summed E-state index contributed by atoms with van der Waals surface area (Å²) in [5, 5.41) is 2.09. The summed E-state index contributed by atoms with van der Waals surface area (Å²) in [6.45, 7) is 0. The van der Waals surface area contributed by atoms with E-state index < -0.39 is 10.0 Å². The monoisotopic (exact) mass is 347 g/mol. The van der Waals surface area contributed by atoms with Crippen LogP contribution in [0.3, 0.4) is 0 Å². The highest BCUT2D eigenvalue weighted by atomic mass is 32.2.